The van der Waals surface area contributed by atoms with Gasteiger partial charge in [-0.25, -0.2) is 4.68 Å². The molecule has 6 nitrogen and oxygen atoms in total. The van der Waals surface area contributed by atoms with E-state index in [-0.39, 0.29) is 23.8 Å². The van der Waals surface area contributed by atoms with E-state index >= 15 is 0 Å². The highest BCUT2D eigenvalue weighted by atomic mass is 35.5. The fraction of sp³-hybridized carbons (Fsp3) is 0.560. The van der Waals surface area contributed by atoms with Gasteiger partial charge in [0, 0.05) is 24.4 Å². The molecular formula is C25H36Cl2N4O2. The third-order valence-corrected chi connectivity index (χ3v) is 6.10. The zero-order valence-corrected chi connectivity index (χ0v) is 21.9. The lowest BCUT2D eigenvalue weighted by molar-refractivity contribution is -0.134. The molecule has 2 rings (SSSR count). The molecule has 0 unspecified atom stereocenters. The Balaban J connectivity index is 2.25. The van der Waals surface area contributed by atoms with Gasteiger partial charge in [0.15, 0.2) is 0 Å². The van der Waals surface area contributed by atoms with Crippen molar-refractivity contribution in [3.8, 4) is 5.69 Å². The molecule has 1 N–H and O–H groups in total. The van der Waals surface area contributed by atoms with Gasteiger partial charge in [0.2, 0.25) is 11.8 Å². The fourth-order valence-electron chi connectivity index (χ4n) is 3.33. The number of carbonyl (C=O) groups is 2. The summed E-state index contributed by atoms with van der Waals surface area (Å²) in [5.74, 6) is 0.300. The summed E-state index contributed by atoms with van der Waals surface area (Å²) in [5, 5.41) is 8.52. The largest absolute Gasteiger partial charge is 0.333 e. The summed E-state index contributed by atoms with van der Waals surface area (Å²) >= 11 is 12.3. The van der Waals surface area contributed by atoms with Gasteiger partial charge in [-0.2, -0.15) is 5.10 Å². The van der Waals surface area contributed by atoms with E-state index in [1.807, 2.05) is 6.07 Å². The third kappa shape index (κ3) is 8.04. The molecule has 2 aromatic rings. The van der Waals surface area contributed by atoms with Gasteiger partial charge < -0.3 is 10.2 Å². The number of rotatable bonds is 11. The van der Waals surface area contributed by atoms with Crippen LogP contribution in [0.2, 0.25) is 10.0 Å². The normalized spacial score (nSPS) is 11.5. The summed E-state index contributed by atoms with van der Waals surface area (Å²) in [5.41, 5.74) is 1.29. The highest BCUT2D eigenvalue weighted by Crippen LogP contribution is 2.29. The van der Waals surface area contributed by atoms with Gasteiger partial charge in [0.1, 0.15) is 5.82 Å². The Labute approximate surface area is 207 Å². The lowest BCUT2D eigenvalue weighted by Crippen LogP contribution is -2.38. The molecule has 0 spiro atoms. The summed E-state index contributed by atoms with van der Waals surface area (Å²) in [6, 6.07) is 7.07. The van der Waals surface area contributed by atoms with Crippen LogP contribution in [0.15, 0.2) is 24.3 Å². The summed E-state index contributed by atoms with van der Waals surface area (Å²) in [6.45, 7) is 10.9. The van der Waals surface area contributed by atoms with Crippen LogP contribution >= 0.6 is 23.2 Å². The maximum Gasteiger partial charge on any atom is 0.245 e. The number of hydrogen-bond donors (Lipinski definition) is 1. The second-order valence-corrected chi connectivity index (χ2v) is 10.2. The van der Waals surface area contributed by atoms with Crippen molar-refractivity contribution in [1.82, 2.24) is 14.7 Å². The number of benzene rings is 1. The van der Waals surface area contributed by atoms with E-state index in [1.54, 1.807) is 27.8 Å². The maximum absolute atomic E-state index is 13.0. The Morgan fingerprint density at radius 1 is 1.03 bits per heavy atom. The number of aromatic nitrogens is 2. The molecular weight excluding hydrogens is 459 g/mol. The van der Waals surface area contributed by atoms with E-state index in [0.29, 0.717) is 34.5 Å². The van der Waals surface area contributed by atoms with Gasteiger partial charge in [0.25, 0.3) is 0 Å². The van der Waals surface area contributed by atoms with E-state index < -0.39 is 0 Å². The van der Waals surface area contributed by atoms with Crippen molar-refractivity contribution < 1.29 is 9.59 Å². The van der Waals surface area contributed by atoms with Gasteiger partial charge in [0.05, 0.1) is 28.0 Å². The number of nitrogens with zero attached hydrogens (tertiary/aromatic N) is 3. The molecule has 0 fully saturated rings. The zero-order valence-electron chi connectivity index (χ0n) is 20.4. The molecule has 1 aromatic carbocycles. The monoisotopic (exact) mass is 494 g/mol. The first-order valence-electron chi connectivity index (χ1n) is 11.7. The van der Waals surface area contributed by atoms with Crippen LogP contribution in [0.4, 0.5) is 5.82 Å². The van der Waals surface area contributed by atoms with Crippen LogP contribution in [-0.2, 0) is 15.0 Å². The first-order valence-corrected chi connectivity index (χ1v) is 12.5. The molecule has 0 aliphatic carbocycles. The zero-order chi connectivity index (χ0) is 24.6. The van der Waals surface area contributed by atoms with Crippen LogP contribution in [0.3, 0.4) is 0 Å². The maximum atomic E-state index is 13.0. The number of amides is 2. The molecule has 0 aliphatic heterocycles. The number of halogens is 2. The van der Waals surface area contributed by atoms with Crippen molar-refractivity contribution in [1.29, 1.82) is 0 Å². The van der Waals surface area contributed by atoms with E-state index in [4.69, 9.17) is 28.3 Å². The molecule has 0 radical (unpaired) electrons. The molecule has 182 valence electrons. The highest BCUT2D eigenvalue weighted by Gasteiger charge is 2.23. The Bertz CT molecular complexity index is 950. The Morgan fingerprint density at radius 3 is 2.33 bits per heavy atom. The molecule has 1 aromatic heterocycles. The minimum Gasteiger partial charge on any atom is -0.333 e. The van der Waals surface area contributed by atoms with E-state index in [1.165, 1.54) is 0 Å². The smallest absolute Gasteiger partial charge is 0.245 e. The molecule has 0 atom stereocenters. The molecule has 0 saturated carbocycles. The number of nitrogens with one attached hydrogen (secondary N) is 1. The Kier molecular flexibility index (Phi) is 10.2. The van der Waals surface area contributed by atoms with Crippen molar-refractivity contribution >= 4 is 40.8 Å². The number of hydrogen-bond acceptors (Lipinski definition) is 3. The van der Waals surface area contributed by atoms with Gasteiger partial charge in [-0.15, -0.1) is 0 Å². The van der Waals surface area contributed by atoms with Gasteiger partial charge in [-0.1, -0.05) is 77.1 Å². The van der Waals surface area contributed by atoms with Crippen molar-refractivity contribution in [3.05, 3.63) is 40.0 Å². The van der Waals surface area contributed by atoms with Crippen molar-refractivity contribution in [2.75, 3.05) is 18.4 Å². The first-order chi connectivity index (χ1) is 15.6. The Morgan fingerprint density at radius 2 is 1.73 bits per heavy atom. The molecule has 0 aliphatic rings. The number of unbranched alkanes of at least 4 members (excludes halogenated alkanes) is 3. The summed E-state index contributed by atoms with van der Waals surface area (Å²) in [6.07, 6.45) is 5.20. The minimum atomic E-state index is -0.253. The quantitative estimate of drug-likeness (QED) is 0.356. The van der Waals surface area contributed by atoms with Gasteiger partial charge >= 0.3 is 0 Å². The molecule has 0 bridgehead atoms. The van der Waals surface area contributed by atoms with Crippen LogP contribution < -0.4 is 5.32 Å². The molecule has 0 saturated heterocycles. The summed E-state index contributed by atoms with van der Waals surface area (Å²) in [4.78, 5) is 27.4. The van der Waals surface area contributed by atoms with Gasteiger partial charge in [-0.3, -0.25) is 9.59 Å². The van der Waals surface area contributed by atoms with Crippen LogP contribution in [0, 0.1) is 0 Å². The summed E-state index contributed by atoms with van der Waals surface area (Å²) in [7, 11) is 0. The fourth-order valence-corrected chi connectivity index (χ4v) is 3.62. The topological polar surface area (TPSA) is 67.2 Å². The van der Waals surface area contributed by atoms with Crippen LogP contribution in [0.1, 0.15) is 78.8 Å². The van der Waals surface area contributed by atoms with E-state index in [2.05, 4.69) is 39.9 Å². The lowest BCUT2D eigenvalue weighted by Gasteiger charge is -2.22. The molecule has 8 heteroatoms. The predicted octanol–water partition coefficient (Wildman–Crippen LogP) is 6.62. The van der Waals surface area contributed by atoms with Crippen LogP contribution in [0.25, 0.3) is 5.69 Å². The highest BCUT2D eigenvalue weighted by molar-refractivity contribution is 6.42. The second-order valence-electron chi connectivity index (χ2n) is 9.35. The van der Waals surface area contributed by atoms with Crippen molar-refractivity contribution in [2.45, 2.75) is 78.6 Å². The van der Waals surface area contributed by atoms with Crippen molar-refractivity contribution in [2.24, 2.45) is 0 Å². The van der Waals surface area contributed by atoms with Crippen LogP contribution in [0.5, 0.6) is 0 Å². The average Bonchev–Trinajstić information content (AvgIpc) is 3.17. The molecule has 1 heterocycles. The molecule has 2 amide bonds. The first kappa shape index (κ1) is 27.2. The van der Waals surface area contributed by atoms with Gasteiger partial charge in [-0.05, 0) is 31.0 Å². The summed E-state index contributed by atoms with van der Waals surface area (Å²) < 4.78 is 1.65. The number of anilines is 1. The standard InChI is InChI=1S/C25H36Cl2N4O2/c1-6-8-10-11-24(33)30(14-9-7-2)17-23(32)28-22-16-21(25(3,4)5)29-31(22)18-12-13-19(26)20(27)15-18/h12-13,15-16H,6-11,14,17H2,1-5H3,(H,28,32). The van der Waals surface area contributed by atoms with Crippen molar-refractivity contribution in [3.63, 3.8) is 0 Å². The number of carbonyl (C=O) groups excluding carboxylic acids is 2. The Hall–Kier alpha value is -2.05. The van der Waals surface area contributed by atoms with E-state index in [9.17, 15) is 9.59 Å². The van der Waals surface area contributed by atoms with Crippen LogP contribution in [-0.4, -0.2) is 39.6 Å². The van der Waals surface area contributed by atoms with E-state index in [0.717, 1.165) is 37.8 Å². The predicted molar refractivity (Wildman–Crippen MR) is 137 cm³/mol. The minimum absolute atomic E-state index is 0.0162. The molecule has 33 heavy (non-hydrogen) atoms. The SMILES string of the molecule is CCCCCC(=O)N(CCCC)CC(=O)Nc1cc(C(C)(C)C)nn1-c1ccc(Cl)c(Cl)c1. The average molecular weight is 495 g/mol. The third-order valence-electron chi connectivity index (χ3n) is 5.36. The second kappa shape index (κ2) is 12.4. The lowest BCUT2D eigenvalue weighted by atomic mass is 9.92.